The van der Waals surface area contributed by atoms with Gasteiger partial charge in [-0.15, -0.1) is 0 Å². The fraction of sp³-hybridized carbons (Fsp3) is 0.320. The first-order valence-electron chi connectivity index (χ1n) is 10.9. The van der Waals surface area contributed by atoms with Gasteiger partial charge in [-0.25, -0.2) is 9.07 Å². The molecule has 0 N–H and O–H groups in total. The molecule has 1 aliphatic rings. The molecule has 1 aliphatic heterocycles. The van der Waals surface area contributed by atoms with Crippen molar-refractivity contribution in [3.63, 3.8) is 0 Å². The van der Waals surface area contributed by atoms with E-state index in [4.69, 9.17) is 4.74 Å². The van der Waals surface area contributed by atoms with Gasteiger partial charge in [0.05, 0.1) is 17.9 Å². The molecule has 0 aliphatic carbocycles. The molecule has 0 spiro atoms. The summed E-state index contributed by atoms with van der Waals surface area (Å²) in [5.41, 5.74) is 1.80. The molecule has 6 nitrogen and oxygen atoms in total. The van der Waals surface area contributed by atoms with Crippen molar-refractivity contribution in [2.75, 3.05) is 19.7 Å². The molecule has 1 fully saturated rings. The number of rotatable bonds is 6. The summed E-state index contributed by atoms with van der Waals surface area (Å²) in [6.45, 7) is 4.14. The maximum Gasteiger partial charge on any atom is 0.266 e. The Balaban J connectivity index is 1.41. The highest BCUT2D eigenvalue weighted by atomic mass is 19.1. The molecule has 166 valence electrons. The van der Waals surface area contributed by atoms with Crippen molar-refractivity contribution in [1.82, 2.24) is 14.7 Å². The standard InChI is InChI=1S/C25H26FN3O3/c1-2-32-23-6-4-3-5-21(23)25(31)28-15-13-18(14-16-28)17-29-24(30)12-11-22(27-29)19-7-9-20(26)10-8-19/h3-12,18H,2,13-17H2,1H3. The number of hydrogen-bond acceptors (Lipinski definition) is 4. The predicted octanol–water partition coefficient (Wildman–Crippen LogP) is 4.00. The maximum atomic E-state index is 13.2. The molecule has 1 aromatic heterocycles. The molecule has 1 saturated heterocycles. The molecular formula is C25H26FN3O3. The lowest BCUT2D eigenvalue weighted by atomic mass is 9.96. The van der Waals surface area contributed by atoms with Crippen LogP contribution in [-0.2, 0) is 6.54 Å². The number of benzene rings is 2. The van der Waals surface area contributed by atoms with Gasteiger partial charge in [-0.05, 0) is 68.1 Å². The van der Waals surface area contributed by atoms with E-state index >= 15 is 0 Å². The zero-order valence-corrected chi connectivity index (χ0v) is 18.0. The zero-order chi connectivity index (χ0) is 22.5. The molecule has 2 aromatic carbocycles. The van der Waals surface area contributed by atoms with Crippen LogP contribution >= 0.6 is 0 Å². The first-order chi connectivity index (χ1) is 15.5. The van der Waals surface area contributed by atoms with E-state index in [1.54, 1.807) is 24.3 Å². The minimum Gasteiger partial charge on any atom is -0.493 e. The van der Waals surface area contributed by atoms with Gasteiger partial charge in [-0.1, -0.05) is 12.1 Å². The average Bonchev–Trinajstić information content (AvgIpc) is 2.82. The van der Waals surface area contributed by atoms with Crippen molar-refractivity contribution in [2.24, 2.45) is 5.92 Å². The van der Waals surface area contributed by atoms with Gasteiger partial charge in [-0.3, -0.25) is 9.59 Å². The summed E-state index contributed by atoms with van der Waals surface area (Å²) < 4.78 is 20.3. The van der Waals surface area contributed by atoms with E-state index in [1.807, 2.05) is 30.0 Å². The van der Waals surface area contributed by atoms with Gasteiger partial charge in [0.15, 0.2) is 0 Å². The normalized spacial score (nSPS) is 14.4. The second-order valence-electron chi connectivity index (χ2n) is 7.91. The largest absolute Gasteiger partial charge is 0.493 e. The first kappa shape index (κ1) is 21.7. The van der Waals surface area contributed by atoms with E-state index < -0.39 is 0 Å². The van der Waals surface area contributed by atoms with Gasteiger partial charge < -0.3 is 9.64 Å². The summed E-state index contributed by atoms with van der Waals surface area (Å²) in [6.07, 6.45) is 1.58. The topological polar surface area (TPSA) is 64.4 Å². The Bertz CT molecular complexity index is 1140. The summed E-state index contributed by atoms with van der Waals surface area (Å²) in [5, 5.41) is 4.48. The lowest BCUT2D eigenvalue weighted by molar-refractivity contribution is 0.0676. The van der Waals surface area contributed by atoms with E-state index in [0.29, 0.717) is 43.2 Å². The Kier molecular flexibility index (Phi) is 6.63. The number of aromatic nitrogens is 2. The van der Waals surface area contributed by atoms with Crippen LogP contribution in [0, 0.1) is 11.7 Å². The third kappa shape index (κ3) is 4.88. The van der Waals surface area contributed by atoms with Gasteiger partial charge in [0.2, 0.25) is 0 Å². The van der Waals surface area contributed by atoms with Crippen LogP contribution in [0.5, 0.6) is 5.75 Å². The molecule has 7 heteroatoms. The highest BCUT2D eigenvalue weighted by molar-refractivity contribution is 5.97. The lowest BCUT2D eigenvalue weighted by Crippen LogP contribution is -2.40. The molecule has 0 saturated carbocycles. The quantitative estimate of drug-likeness (QED) is 0.587. The summed E-state index contributed by atoms with van der Waals surface area (Å²) in [4.78, 5) is 27.2. The van der Waals surface area contributed by atoms with Crippen molar-refractivity contribution in [2.45, 2.75) is 26.3 Å². The number of carbonyl (C=O) groups is 1. The number of ether oxygens (including phenoxy) is 1. The van der Waals surface area contributed by atoms with Crippen LogP contribution in [0.25, 0.3) is 11.3 Å². The predicted molar refractivity (Wildman–Crippen MR) is 120 cm³/mol. The Hall–Kier alpha value is -3.48. The van der Waals surface area contributed by atoms with Crippen LogP contribution in [0.1, 0.15) is 30.1 Å². The number of piperidine rings is 1. The number of amides is 1. The number of para-hydroxylation sites is 1. The van der Waals surface area contributed by atoms with E-state index in [-0.39, 0.29) is 23.2 Å². The molecule has 2 heterocycles. The van der Waals surface area contributed by atoms with Crippen LogP contribution in [0.3, 0.4) is 0 Å². The van der Waals surface area contributed by atoms with Crippen LogP contribution < -0.4 is 10.3 Å². The summed E-state index contributed by atoms with van der Waals surface area (Å²) in [5.74, 6) is 0.513. The number of nitrogens with zero attached hydrogens (tertiary/aromatic N) is 3. The van der Waals surface area contributed by atoms with Crippen molar-refractivity contribution < 1.29 is 13.9 Å². The summed E-state index contributed by atoms with van der Waals surface area (Å²) in [7, 11) is 0. The minimum atomic E-state index is -0.313. The number of hydrogen-bond donors (Lipinski definition) is 0. The highest BCUT2D eigenvalue weighted by Crippen LogP contribution is 2.24. The molecule has 1 amide bonds. The molecule has 0 radical (unpaired) electrons. The Labute approximate surface area is 186 Å². The molecule has 32 heavy (non-hydrogen) atoms. The van der Waals surface area contributed by atoms with Crippen molar-refractivity contribution in [3.8, 4) is 17.0 Å². The number of carbonyl (C=O) groups excluding carboxylic acids is 1. The Morgan fingerprint density at radius 2 is 1.78 bits per heavy atom. The van der Waals surface area contributed by atoms with Crippen molar-refractivity contribution >= 4 is 5.91 Å². The second-order valence-corrected chi connectivity index (χ2v) is 7.91. The van der Waals surface area contributed by atoms with Gasteiger partial charge in [0.25, 0.3) is 11.5 Å². The van der Waals surface area contributed by atoms with E-state index in [9.17, 15) is 14.0 Å². The smallest absolute Gasteiger partial charge is 0.266 e. The molecule has 0 bridgehead atoms. The SMILES string of the molecule is CCOc1ccccc1C(=O)N1CCC(Cn2nc(-c3ccc(F)cc3)ccc2=O)CC1. The van der Waals surface area contributed by atoms with E-state index in [2.05, 4.69) is 5.10 Å². The zero-order valence-electron chi connectivity index (χ0n) is 18.0. The van der Waals surface area contributed by atoms with Gasteiger partial charge in [-0.2, -0.15) is 5.10 Å². The monoisotopic (exact) mass is 435 g/mol. The van der Waals surface area contributed by atoms with Gasteiger partial charge in [0.1, 0.15) is 11.6 Å². The third-order valence-corrected chi connectivity index (χ3v) is 5.76. The summed E-state index contributed by atoms with van der Waals surface area (Å²) in [6, 6.07) is 16.5. The first-order valence-corrected chi connectivity index (χ1v) is 10.9. The van der Waals surface area contributed by atoms with Gasteiger partial charge in [0, 0.05) is 31.3 Å². The Morgan fingerprint density at radius 1 is 1.06 bits per heavy atom. The van der Waals surface area contributed by atoms with E-state index in [1.165, 1.54) is 22.9 Å². The fourth-order valence-electron chi connectivity index (χ4n) is 4.01. The van der Waals surface area contributed by atoms with Crippen LogP contribution in [0.15, 0.2) is 65.5 Å². The minimum absolute atomic E-state index is 0.0268. The van der Waals surface area contributed by atoms with Crippen LogP contribution in [0.4, 0.5) is 4.39 Å². The third-order valence-electron chi connectivity index (χ3n) is 5.76. The number of likely N-dealkylation sites (tertiary alicyclic amines) is 1. The maximum absolute atomic E-state index is 13.2. The number of halogens is 1. The van der Waals surface area contributed by atoms with Crippen LogP contribution in [0.2, 0.25) is 0 Å². The average molecular weight is 435 g/mol. The molecular weight excluding hydrogens is 409 g/mol. The van der Waals surface area contributed by atoms with E-state index in [0.717, 1.165) is 18.4 Å². The molecule has 3 aromatic rings. The summed E-state index contributed by atoms with van der Waals surface area (Å²) >= 11 is 0. The Morgan fingerprint density at radius 3 is 2.50 bits per heavy atom. The highest BCUT2D eigenvalue weighted by Gasteiger charge is 2.26. The fourth-order valence-corrected chi connectivity index (χ4v) is 4.01. The van der Waals surface area contributed by atoms with Crippen molar-refractivity contribution in [1.29, 1.82) is 0 Å². The second kappa shape index (κ2) is 9.77. The van der Waals surface area contributed by atoms with Gasteiger partial charge >= 0.3 is 0 Å². The molecule has 0 atom stereocenters. The molecule has 0 unspecified atom stereocenters. The van der Waals surface area contributed by atoms with Crippen LogP contribution in [-0.4, -0.2) is 40.3 Å². The lowest BCUT2D eigenvalue weighted by Gasteiger charge is -2.32. The van der Waals surface area contributed by atoms with Crippen molar-refractivity contribution in [3.05, 3.63) is 82.4 Å². The molecule has 4 rings (SSSR count).